The second-order valence-electron chi connectivity index (χ2n) is 6.20. The topological polar surface area (TPSA) is 43.6 Å². The Hall–Kier alpha value is -1.76. The van der Waals surface area contributed by atoms with Gasteiger partial charge in [0, 0.05) is 17.6 Å². The number of thiazole rings is 1. The normalized spacial score (nSPS) is 12.0. The molecule has 0 aliphatic heterocycles. The molecule has 142 valence electrons. The number of carbonyl (C=O) groups excluding carboxylic acids is 1. The lowest BCUT2D eigenvalue weighted by atomic mass is 10.1. The molecule has 0 fully saturated rings. The van der Waals surface area contributed by atoms with Crippen LogP contribution in [-0.4, -0.2) is 23.7 Å². The van der Waals surface area contributed by atoms with Crippen molar-refractivity contribution in [2.75, 3.05) is 13.2 Å². The summed E-state index contributed by atoms with van der Waals surface area (Å²) in [6.07, 6.45) is 1.31. The number of benzene rings is 2. The Morgan fingerprint density at radius 2 is 1.89 bits per heavy atom. The van der Waals surface area contributed by atoms with E-state index < -0.39 is 0 Å². The summed E-state index contributed by atoms with van der Waals surface area (Å²) in [5, 5.41) is 0. The van der Waals surface area contributed by atoms with Crippen LogP contribution in [0.1, 0.15) is 25.0 Å². The maximum Gasteiger partial charge on any atom is 0.252 e. The summed E-state index contributed by atoms with van der Waals surface area (Å²) in [6.45, 7) is 6.04. The largest absolute Gasteiger partial charge is 0.380 e. The molecule has 0 N–H and O–H groups in total. The molecule has 1 amide bonds. The Kier molecular flexibility index (Phi) is 6.99. The van der Waals surface area contributed by atoms with Gasteiger partial charge in [-0.1, -0.05) is 58.5 Å². The Morgan fingerprint density at radius 3 is 2.59 bits per heavy atom. The summed E-state index contributed by atoms with van der Waals surface area (Å²) in [7, 11) is 0. The highest BCUT2D eigenvalue weighted by atomic mass is 79.9. The number of nitrogens with zero attached hydrogens (tertiary/aromatic N) is 2. The number of ether oxygens (including phenoxy) is 1. The summed E-state index contributed by atoms with van der Waals surface area (Å²) in [5.74, 6) is -0.130. The van der Waals surface area contributed by atoms with Gasteiger partial charge in [0.15, 0.2) is 4.80 Å². The number of aryl methyl sites for hydroxylation is 1. The molecule has 2 aromatic carbocycles. The minimum Gasteiger partial charge on any atom is -0.380 e. The molecule has 6 heteroatoms. The standard InChI is InChI=1S/C21H23BrN2O2S/c1-3-15-5-7-16(8-6-15)13-20(25)23-21-24(11-12-26-4-2)18-10-9-17(22)14-19(18)27-21/h5-10,14H,3-4,11-13H2,1-2H3. The van der Waals surface area contributed by atoms with E-state index in [2.05, 4.69) is 56.7 Å². The van der Waals surface area contributed by atoms with Crippen molar-refractivity contribution in [3.05, 3.63) is 62.9 Å². The van der Waals surface area contributed by atoms with Crippen LogP contribution in [0.25, 0.3) is 10.2 Å². The van der Waals surface area contributed by atoms with Gasteiger partial charge in [-0.05, 0) is 42.7 Å². The number of hydrogen-bond donors (Lipinski definition) is 0. The molecule has 1 aromatic heterocycles. The SMILES string of the molecule is CCOCCn1c(=NC(=O)Cc2ccc(CC)cc2)sc2cc(Br)ccc21. The molecule has 0 unspecified atom stereocenters. The molecular weight excluding hydrogens is 424 g/mol. The fourth-order valence-corrected chi connectivity index (χ4v) is 4.49. The monoisotopic (exact) mass is 446 g/mol. The van der Waals surface area contributed by atoms with Crippen molar-refractivity contribution in [2.45, 2.75) is 33.2 Å². The molecule has 0 saturated heterocycles. The summed E-state index contributed by atoms with van der Waals surface area (Å²) in [6, 6.07) is 14.3. The van der Waals surface area contributed by atoms with Crippen molar-refractivity contribution in [1.82, 2.24) is 4.57 Å². The van der Waals surface area contributed by atoms with Gasteiger partial charge in [0.05, 0.1) is 23.2 Å². The van der Waals surface area contributed by atoms with Crippen molar-refractivity contribution in [3.8, 4) is 0 Å². The van der Waals surface area contributed by atoms with Crippen LogP contribution < -0.4 is 4.80 Å². The molecule has 4 nitrogen and oxygen atoms in total. The highest BCUT2D eigenvalue weighted by Gasteiger charge is 2.09. The predicted octanol–water partition coefficient (Wildman–Crippen LogP) is 4.73. The van der Waals surface area contributed by atoms with Crippen LogP contribution in [-0.2, 0) is 28.9 Å². The first-order chi connectivity index (χ1) is 13.1. The van der Waals surface area contributed by atoms with Gasteiger partial charge in [-0.25, -0.2) is 0 Å². The Labute approximate surface area is 171 Å². The Balaban J connectivity index is 1.90. The van der Waals surface area contributed by atoms with E-state index in [0.717, 1.165) is 31.5 Å². The molecule has 1 heterocycles. The molecular formula is C21H23BrN2O2S. The van der Waals surface area contributed by atoms with Crippen molar-refractivity contribution >= 4 is 43.4 Å². The maximum atomic E-state index is 12.5. The minimum atomic E-state index is -0.130. The maximum absolute atomic E-state index is 12.5. The first-order valence-corrected chi connectivity index (χ1v) is 10.7. The van der Waals surface area contributed by atoms with E-state index in [1.165, 1.54) is 16.9 Å². The lowest BCUT2D eigenvalue weighted by molar-refractivity contribution is -0.117. The number of hydrogen-bond acceptors (Lipinski definition) is 3. The highest BCUT2D eigenvalue weighted by molar-refractivity contribution is 9.10. The molecule has 3 rings (SSSR count). The summed E-state index contributed by atoms with van der Waals surface area (Å²) in [4.78, 5) is 17.7. The molecule has 0 radical (unpaired) electrons. The van der Waals surface area contributed by atoms with Crippen molar-refractivity contribution in [3.63, 3.8) is 0 Å². The molecule has 3 aromatic rings. The van der Waals surface area contributed by atoms with Crippen LogP contribution in [0.3, 0.4) is 0 Å². The van der Waals surface area contributed by atoms with Gasteiger partial charge in [0.1, 0.15) is 0 Å². The zero-order valence-electron chi connectivity index (χ0n) is 15.6. The quantitative estimate of drug-likeness (QED) is 0.492. The third-order valence-corrected chi connectivity index (χ3v) is 5.85. The smallest absolute Gasteiger partial charge is 0.252 e. The molecule has 0 spiro atoms. The first-order valence-electron chi connectivity index (χ1n) is 9.12. The number of aromatic nitrogens is 1. The van der Waals surface area contributed by atoms with Gasteiger partial charge in [-0.2, -0.15) is 4.99 Å². The van der Waals surface area contributed by atoms with Crippen LogP contribution in [0.4, 0.5) is 0 Å². The van der Waals surface area contributed by atoms with Gasteiger partial charge in [0.25, 0.3) is 5.91 Å². The third kappa shape index (κ3) is 5.15. The minimum absolute atomic E-state index is 0.130. The van der Waals surface area contributed by atoms with Crippen molar-refractivity contribution in [1.29, 1.82) is 0 Å². The van der Waals surface area contributed by atoms with Crippen LogP contribution >= 0.6 is 27.3 Å². The van der Waals surface area contributed by atoms with E-state index in [0.29, 0.717) is 26.2 Å². The molecule has 0 atom stereocenters. The van der Waals surface area contributed by atoms with Crippen LogP contribution in [0.15, 0.2) is 51.9 Å². The van der Waals surface area contributed by atoms with Crippen LogP contribution in [0.2, 0.25) is 0 Å². The second kappa shape index (κ2) is 9.44. The summed E-state index contributed by atoms with van der Waals surface area (Å²) < 4.78 is 9.69. The molecule has 0 aliphatic rings. The van der Waals surface area contributed by atoms with E-state index in [9.17, 15) is 4.79 Å². The van der Waals surface area contributed by atoms with Gasteiger partial charge in [-0.3, -0.25) is 4.79 Å². The lowest BCUT2D eigenvalue weighted by Crippen LogP contribution is -2.20. The zero-order valence-corrected chi connectivity index (χ0v) is 18.0. The van der Waals surface area contributed by atoms with Gasteiger partial charge in [-0.15, -0.1) is 0 Å². The van der Waals surface area contributed by atoms with Gasteiger partial charge in [0.2, 0.25) is 0 Å². The van der Waals surface area contributed by atoms with E-state index in [1.807, 2.05) is 25.1 Å². The molecule has 0 saturated carbocycles. The van der Waals surface area contributed by atoms with Crippen LogP contribution in [0.5, 0.6) is 0 Å². The molecule has 27 heavy (non-hydrogen) atoms. The number of halogens is 1. The van der Waals surface area contributed by atoms with E-state index >= 15 is 0 Å². The van der Waals surface area contributed by atoms with Crippen molar-refractivity contribution < 1.29 is 9.53 Å². The number of fused-ring (bicyclic) bond motifs is 1. The van der Waals surface area contributed by atoms with Gasteiger partial charge >= 0.3 is 0 Å². The number of amides is 1. The predicted molar refractivity (Wildman–Crippen MR) is 114 cm³/mol. The zero-order chi connectivity index (χ0) is 19.2. The summed E-state index contributed by atoms with van der Waals surface area (Å²) >= 11 is 5.04. The average Bonchev–Trinajstić information content (AvgIpc) is 2.98. The van der Waals surface area contributed by atoms with E-state index in [-0.39, 0.29) is 5.91 Å². The van der Waals surface area contributed by atoms with Crippen molar-refractivity contribution in [2.24, 2.45) is 4.99 Å². The van der Waals surface area contributed by atoms with Crippen LogP contribution in [0, 0.1) is 0 Å². The average molecular weight is 447 g/mol. The number of carbonyl (C=O) groups is 1. The molecule has 0 aliphatic carbocycles. The lowest BCUT2D eigenvalue weighted by Gasteiger charge is -2.05. The van der Waals surface area contributed by atoms with Gasteiger partial charge < -0.3 is 9.30 Å². The first kappa shape index (κ1) is 20.0. The second-order valence-corrected chi connectivity index (χ2v) is 8.12. The molecule has 0 bridgehead atoms. The Bertz CT molecular complexity index is 990. The fraction of sp³-hybridized carbons (Fsp3) is 0.333. The highest BCUT2D eigenvalue weighted by Crippen LogP contribution is 2.22. The third-order valence-electron chi connectivity index (χ3n) is 4.32. The fourth-order valence-electron chi connectivity index (χ4n) is 2.86. The van der Waals surface area contributed by atoms with E-state index in [4.69, 9.17) is 4.74 Å². The summed E-state index contributed by atoms with van der Waals surface area (Å²) in [5.41, 5.74) is 3.33. The Morgan fingerprint density at radius 1 is 1.15 bits per heavy atom. The number of rotatable bonds is 7. The van der Waals surface area contributed by atoms with E-state index in [1.54, 1.807) is 0 Å².